The molecule has 0 aliphatic carbocycles. The molecule has 0 aromatic heterocycles. The van der Waals surface area contributed by atoms with Crippen LogP contribution in [0.5, 0.6) is 0 Å². The fourth-order valence-corrected chi connectivity index (χ4v) is 3.39. The lowest BCUT2D eigenvalue weighted by Gasteiger charge is -2.33. The number of likely N-dealkylation sites (N-methyl/N-ethyl adjacent to an activating group) is 1. The second kappa shape index (κ2) is 9.40. The smallest absolute Gasteiger partial charge is 0.236 e. The van der Waals surface area contributed by atoms with Gasteiger partial charge >= 0.3 is 0 Å². The molecule has 1 unspecified atom stereocenters. The Hall–Kier alpha value is -1.10. The lowest BCUT2D eigenvalue weighted by Crippen LogP contribution is -2.43. The average Bonchev–Trinajstić information content (AvgIpc) is 2.60. The summed E-state index contributed by atoms with van der Waals surface area (Å²) in [5.74, 6) is 0.987. The molecule has 1 heterocycles. The number of carbonyl (C=O) groups is 1. The molecule has 0 saturated carbocycles. The molecule has 1 saturated heterocycles. The van der Waals surface area contributed by atoms with Gasteiger partial charge in [-0.05, 0) is 76.5 Å². The van der Waals surface area contributed by atoms with Crippen molar-refractivity contribution in [1.82, 2.24) is 15.1 Å². The highest BCUT2D eigenvalue weighted by Crippen LogP contribution is 2.23. The SMILES string of the molecule is CNCCC1CCN(CC(=O)N(C)C(C)c2ccc(Cl)cc2)CC1. The normalized spacial score (nSPS) is 17.7. The van der Waals surface area contributed by atoms with E-state index in [2.05, 4.69) is 17.1 Å². The third-order valence-corrected chi connectivity index (χ3v) is 5.45. The molecule has 1 fully saturated rings. The van der Waals surface area contributed by atoms with Gasteiger partial charge in [-0.25, -0.2) is 0 Å². The number of halogens is 1. The maximum atomic E-state index is 12.6. The summed E-state index contributed by atoms with van der Waals surface area (Å²) in [7, 11) is 3.90. The summed E-state index contributed by atoms with van der Waals surface area (Å²) in [5, 5.41) is 3.95. The molecule has 0 spiro atoms. The number of rotatable bonds is 7. The first kappa shape index (κ1) is 19.2. The van der Waals surface area contributed by atoms with Crippen LogP contribution in [0, 0.1) is 5.92 Å². The van der Waals surface area contributed by atoms with E-state index < -0.39 is 0 Å². The molecule has 1 aromatic carbocycles. The van der Waals surface area contributed by atoms with E-state index in [4.69, 9.17) is 11.6 Å². The molecule has 1 aromatic rings. The number of hydrogen-bond donors (Lipinski definition) is 1. The standard InChI is InChI=1S/C19H30ClN3O/c1-15(17-4-6-18(20)7-5-17)22(3)19(24)14-23-12-9-16(10-13-23)8-11-21-2/h4-7,15-16,21H,8-14H2,1-3H3. The highest BCUT2D eigenvalue weighted by atomic mass is 35.5. The Morgan fingerprint density at radius 3 is 2.54 bits per heavy atom. The molecule has 0 radical (unpaired) electrons. The first-order valence-electron chi connectivity index (χ1n) is 8.89. The number of nitrogens with zero attached hydrogens (tertiary/aromatic N) is 2. The maximum absolute atomic E-state index is 12.6. The highest BCUT2D eigenvalue weighted by Gasteiger charge is 2.23. The second-order valence-corrected chi connectivity index (χ2v) is 7.28. The van der Waals surface area contributed by atoms with Crippen molar-refractivity contribution in [2.24, 2.45) is 5.92 Å². The van der Waals surface area contributed by atoms with Gasteiger partial charge in [-0.1, -0.05) is 23.7 Å². The maximum Gasteiger partial charge on any atom is 0.236 e. The van der Waals surface area contributed by atoms with Crippen LogP contribution in [0.3, 0.4) is 0 Å². The van der Waals surface area contributed by atoms with E-state index in [0.717, 1.165) is 36.1 Å². The average molecular weight is 352 g/mol. The summed E-state index contributed by atoms with van der Waals surface area (Å²) in [6.45, 7) is 5.73. The second-order valence-electron chi connectivity index (χ2n) is 6.84. The number of hydrogen-bond acceptors (Lipinski definition) is 3. The summed E-state index contributed by atoms with van der Waals surface area (Å²) in [4.78, 5) is 16.7. The summed E-state index contributed by atoms with van der Waals surface area (Å²) >= 11 is 5.94. The first-order valence-corrected chi connectivity index (χ1v) is 9.27. The Bertz CT molecular complexity index is 512. The molecule has 2 rings (SSSR count). The molecule has 24 heavy (non-hydrogen) atoms. The topological polar surface area (TPSA) is 35.6 Å². The fourth-order valence-electron chi connectivity index (χ4n) is 3.27. The largest absolute Gasteiger partial charge is 0.338 e. The Kier molecular flexibility index (Phi) is 7.53. The third-order valence-electron chi connectivity index (χ3n) is 5.20. The van der Waals surface area contributed by atoms with Crippen molar-refractivity contribution < 1.29 is 4.79 Å². The summed E-state index contributed by atoms with van der Waals surface area (Å²) < 4.78 is 0. The Balaban J connectivity index is 1.80. The van der Waals surface area contributed by atoms with E-state index in [-0.39, 0.29) is 11.9 Å². The summed E-state index contributed by atoms with van der Waals surface area (Å²) in [5.41, 5.74) is 1.11. The van der Waals surface area contributed by atoms with Crippen molar-refractivity contribution in [1.29, 1.82) is 0 Å². The van der Waals surface area contributed by atoms with Crippen molar-refractivity contribution in [2.75, 3.05) is 40.3 Å². The molecule has 1 aliphatic rings. The van der Waals surface area contributed by atoms with Crippen LogP contribution in [0.2, 0.25) is 5.02 Å². The van der Waals surface area contributed by atoms with Gasteiger partial charge in [0.15, 0.2) is 0 Å². The van der Waals surface area contributed by atoms with Crippen LogP contribution in [0.15, 0.2) is 24.3 Å². The minimum atomic E-state index is 0.0583. The highest BCUT2D eigenvalue weighted by molar-refractivity contribution is 6.30. The minimum absolute atomic E-state index is 0.0583. The molecular weight excluding hydrogens is 322 g/mol. The molecule has 1 amide bonds. The molecular formula is C19H30ClN3O. The van der Waals surface area contributed by atoms with Crippen LogP contribution in [-0.2, 0) is 4.79 Å². The van der Waals surface area contributed by atoms with Crippen LogP contribution in [0.4, 0.5) is 0 Å². The van der Waals surface area contributed by atoms with Gasteiger partial charge in [-0.15, -0.1) is 0 Å². The van der Waals surface area contributed by atoms with Crippen LogP contribution in [0.1, 0.15) is 37.8 Å². The number of benzene rings is 1. The van der Waals surface area contributed by atoms with Crippen molar-refractivity contribution in [3.8, 4) is 0 Å². The van der Waals surface area contributed by atoms with Gasteiger partial charge in [0, 0.05) is 12.1 Å². The van der Waals surface area contributed by atoms with Crippen LogP contribution < -0.4 is 5.32 Å². The first-order chi connectivity index (χ1) is 11.5. The van der Waals surface area contributed by atoms with Crippen LogP contribution in [0.25, 0.3) is 0 Å². The monoisotopic (exact) mass is 351 g/mol. The van der Waals surface area contributed by atoms with Crippen LogP contribution >= 0.6 is 11.6 Å². The van der Waals surface area contributed by atoms with E-state index in [1.165, 1.54) is 19.3 Å². The van der Waals surface area contributed by atoms with Crippen molar-refractivity contribution in [3.63, 3.8) is 0 Å². The van der Waals surface area contributed by atoms with Gasteiger partial charge in [-0.2, -0.15) is 0 Å². The van der Waals surface area contributed by atoms with Crippen molar-refractivity contribution in [2.45, 2.75) is 32.2 Å². The lowest BCUT2D eigenvalue weighted by molar-refractivity contribution is -0.133. The molecule has 134 valence electrons. The summed E-state index contributed by atoms with van der Waals surface area (Å²) in [6.07, 6.45) is 3.64. The summed E-state index contributed by atoms with van der Waals surface area (Å²) in [6, 6.07) is 7.79. The van der Waals surface area contributed by atoms with Gasteiger partial charge in [-0.3, -0.25) is 9.69 Å². The minimum Gasteiger partial charge on any atom is -0.338 e. The number of amides is 1. The quantitative estimate of drug-likeness (QED) is 0.819. The third kappa shape index (κ3) is 5.47. The zero-order valence-corrected chi connectivity index (χ0v) is 15.9. The van der Waals surface area contributed by atoms with Gasteiger partial charge in [0.2, 0.25) is 5.91 Å². The van der Waals surface area contributed by atoms with Gasteiger partial charge in [0.05, 0.1) is 12.6 Å². The molecule has 1 atom stereocenters. The zero-order chi connectivity index (χ0) is 17.5. The zero-order valence-electron chi connectivity index (χ0n) is 15.1. The van der Waals surface area contributed by atoms with E-state index >= 15 is 0 Å². The van der Waals surface area contributed by atoms with E-state index in [1.807, 2.05) is 43.3 Å². The lowest BCUT2D eigenvalue weighted by atomic mass is 9.93. The van der Waals surface area contributed by atoms with E-state index in [0.29, 0.717) is 6.54 Å². The molecule has 5 heteroatoms. The molecule has 0 bridgehead atoms. The molecule has 4 nitrogen and oxygen atoms in total. The predicted molar refractivity (Wildman–Crippen MR) is 100 cm³/mol. The molecule has 1 aliphatic heterocycles. The van der Waals surface area contributed by atoms with E-state index in [9.17, 15) is 4.79 Å². The van der Waals surface area contributed by atoms with Crippen molar-refractivity contribution >= 4 is 17.5 Å². The van der Waals surface area contributed by atoms with Crippen molar-refractivity contribution in [3.05, 3.63) is 34.9 Å². The Morgan fingerprint density at radius 1 is 1.33 bits per heavy atom. The van der Waals surface area contributed by atoms with E-state index in [1.54, 1.807) is 0 Å². The van der Waals surface area contributed by atoms with Gasteiger partial charge in [0.25, 0.3) is 0 Å². The van der Waals surface area contributed by atoms with Gasteiger partial charge < -0.3 is 10.2 Å². The number of carbonyl (C=O) groups excluding carboxylic acids is 1. The number of likely N-dealkylation sites (tertiary alicyclic amines) is 1. The number of piperidine rings is 1. The fraction of sp³-hybridized carbons (Fsp3) is 0.632. The predicted octanol–water partition coefficient (Wildman–Crippen LogP) is 3.18. The Morgan fingerprint density at radius 2 is 1.96 bits per heavy atom. The number of nitrogens with one attached hydrogen (secondary N) is 1. The molecule has 1 N–H and O–H groups in total. The van der Waals surface area contributed by atoms with Gasteiger partial charge in [0.1, 0.15) is 0 Å². The Labute approximate surface area is 151 Å². The van der Waals surface area contributed by atoms with Crippen LogP contribution in [-0.4, -0.2) is 56.0 Å².